The number of aliphatic hydroxyl groups is 2. The fourth-order valence-corrected chi connectivity index (χ4v) is 1.06. The van der Waals surface area contributed by atoms with Crippen LogP contribution in [0.5, 0.6) is 0 Å². The summed E-state index contributed by atoms with van der Waals surface area (Å²) in [6, 6.07) is 0. The molecule has 0 aromatic heterocycles. The summed E-state index contributed by atoms with van der Waals surface area (Å²) in [7, 11) is 0. The Balaban J connectivity index is 3.73. The van der Waals surface area contributed by atoms with Crippen LogP contribution < -0.4 is 0 Å². The van der Waals surface area contributed by atoms with Crippen molar-refractivity contribution in [1.82, 2.24) is 0 Å². The summed E-state index contributed by atoms with van der Waals surface area (Å²) in [5.74, 6) is 0. The van der Waals surface area contributed by atoms with Gasteiger partial charge in [0.05, 0.1) is 19.3 Å². The quantitative estimate of drug-likeness (QED) is 0.550. The molecule has 0 rings (SSSR count). The normalized spacial score (nSPS) is 15.7. The Bertz CT molecular complexity index is 95.8. The van der Waals surface area contributed by atoms with Crippen molar-refractivity contribution in [1.29, 1.82) is 0 Å². The van der Waals surface area contributed by atoms with Gasteiger partial charge in [0.2, 0.25) is 0 Å². The first-order chi connectivity index (χ1) is 6.28. The lowest BCUT2D eigenvalue weighted by atomic mass is 10.2. The van der Waals surface area contributed by atoms with Crippen LogP contribution in [-0.2, 0) is 9.47 Å². The Kier molecular flexibility index (Phi) is 8.33. The van der Waals surface area contributed by atoms with E-state index in [2.05, 4.69) is 0 Å². The zero-order valence-corrected chi connectivity index (χ0v) is 8.40. The molecule has 0 fully saturated rings. The minimum absolute atomic E-state index is 0.0303. The highest BCUT2D eigenvalue weighted by molar-refractivity contribution is 4.56. The third-order valence-corrected chi connectivity index (χ3v) is 1.66. The molecule has 0 amide bonds. The number of aliphatic hydroxyl groups excluding tert-OH is 2. The van der Waals surface area contributed by atoms with E-state index in [1.54, 1.807) is 0 Å². The number of ether oxygens (including phenoxy) is 2. The van der Waals surface area contributed by atoms with Gasteiger partial charge in [0.15, 0.2) is 6.29 Å². The van der Waals surface area contributed by atoms with E-state index < -0.39 is 6.29 Å². The average molecular weight is 192 g/mol. The molecule has 0 aromatic rings. The molecule has 2 N–H and O–H groups in total. The monoisotopic (exact) mass is 192 g/mol. The van der Waals surface area contributed by atoms with Gasteiger partial charge in [-0.15, -0.1) is 0 Å². The molecule has 0 aromatic carbocycles. The number of rotatable bonds is 8. The molecule has 4 nitrogen and oxygen atoms in total. The van der Waals surface area contributed by atoms with Crippen molar-refractivity contribution in [2.45, 2.75) is 39.1 Å². The van der Waals surface area contributed by atoms with Crippen LogP contribution in [0.2, 0.25) is 0 Å². The summed E-state index contributed by atoms with van der Waals surface area (Å²) in [5, 5.41) is 17.7. The largest absolute Gasteiger partial charge is 0.394 e. The van der Waals surface area contributed by atoms with Crippen molar-refractivity contribution in [3.05, 3.63) is 0 Å². The zero-order chi connectivity index (χ0) is 10.1. The molecule has 0 bridgehead atoms. The van der Waals surface area contributed by atoms with Crippen LogP contribution >= 0.6 is 0 Å². The van der Waals surface area contributed by atoms with Gasteiger partial charge in [-0.05, 0) is 13.3 Å². The molecule has 0 saturated carbocycles. The van der Waals surface area contributed by atoms with Gasteiger partial charge in [0.25, 0.3) is 0 Å². The fourth-order valence-electron chi connectivity index (χ4n) is 1.06. The van der Waals surface area contributed by atoms with E-state index in [1.807, 2.05) is 13.8 Å². The lowest BCUT2D eigenvalue weighted by Gasteiger charge is -2.21. The highest BCUT2D eigenvalue weighted by Crippen LogP contribution is 2.06. The zero-order valence-electron chi connectivity index (χ0n) is 8.40. The second-order valence-corrected chi connectivity index (χ2v) is 2.80. The van der Waals surface area contributed by atoms with Crippen LogP contribution in [0, 0.1) is 0 Å². The second-order valence-electron chi connectivity index (χ2n) is 2.80. The molecular formula is C9H20O4. The summed E-state index contributed by atoms with van der Waals surface area (Å²) in [6.07, 6.45) is 0.887. The molecule has 0 aliphatic heterocycles. The van der Waals surface area contributed by atoms with Crippen molar-refractivity contribution in [3.63, 3.8) is 0 Å². The molecule has 0 aliphatic rings. The van der Waals surface area contributed by atoms with Gasteiger partial charge < -0.3 is 19.7 Å². The van der Waals surface area contributed by atoms with Crippen LogP contribution in [0.1, 0.15) is 26.7 Å². The summed E-state index contributed by atoms with van der Waals surface area (Å²) < 4.78 is 10.4. The van der Waals surface area contributed by atoms with Gasteiger partial charge in [-0.1, -0.05) is 13.3 Å². The van der Waals surface area contributed by atoms with E-state index in [1.165, 1.54) is 0 Å². The van der Waals surface area contributed by atoms with Crippen molar-refractivity contribution < 1.29 is 19.7 Å². The minimum Gasteiger partial charge on any atom is -0.394 e. The maximum absolute atomic E-state index is 8.91. The van der Waals surface area contributed by atoms with Crippen molar-refractivity contribution >= 4 is 0 Å². The Hall–Kier alpha value is -0.160. The summed E-state index contributed by atoms with van der Waals surface area (Å²) >= 11 is 0. The van der Waals surface area contributed by atoms with Crippen LogP contribution in [0.3, 0.4) is 0 Å². The van der Waals surface area contributed by atoms with E-state index in [4.69, 9.17) is 19.7 Å². The van der Waals surface area contributed by atoms with Crippen LogP contribution in [0.15, 0.2) is 0 Å². The molecule has 80 valence electrons. The summed E-state index contributed by atoms with van der Waals surface area (Å²) in [5.41, 5.74) is 0. The highest BCUT2D eigenvalue weighted by Gasteiger charge is 2.14. The van der Waals surface area contributed by atoms with Crippen molar-refractivity contribution in [2.24, 2.45) is 0 Å². The Labute approximate surface area is 79.5 Å². The van der Waals surface area contributed by atoms with Gasteiger partial charge in [0, 0.05) is 6.61 Å². The molecule has 0 heterocycles. The molecule has 0 spiro atoms. The molecule has 0 aliphatic carbocycles. The summed E-state index contributed by atoms with van der Waals surface area (Å²) in [4.78, 5) is 0. The topological polar surface area (TPSA) is 58.9 Å². The lowest BCUT2D eigenvalue weighted by Crippen LogP contribution is -2.29. The molecule has 4 heteroatoms. The maximum Gasteiger partial charge on any atom is 0.180 e. The van der Waals surface area contributed by atoms with Crippen molar-refractivity contribution in [3.8, 4) is 0 Å². The molecule has 0 radical (unpaired) electrons. The van der Waals surface area contributed by atoms with Crippen molar-refractivity contribution in [2.75, 3.05) is 19.8 Å². The van der Waals surface area contributed by atoms with Crippen LogP contribution in [0.25, 0.3) is 0 Å². The maximum atomic E-state index is 8.91. The third-order valence-electron chi connectivity index (χ3n) is 1.66. The van der Waals surface area contributed by atoms with E-state index in [9.17, 15) is 0 Å². The predicted molar refractivity (Wildman–Crippen MR) is 49.4 cm³/mol. The van der Waals surface area contributed by atoms with E-state index in [0.29, 0.717) is 6.61 Å². The standard InChI is InChI=1S/C9H20O4/c1-3-5-8(6-10)13-9(7-11)12-4-2/h8-11H,3-7H2,1-2H3. The first-order valence-corrected chi connectivity index (χ1v) is 4.77. The van der Waals surface area contributed by atoms with Gasteiger partial charge in [-0.25, -0.2) is 0 Å². The Morgan fingerprint density at radius 2 is 1.85 bits per heavy atom. The second kappa shape index (κ2) is 8.44. The summed E-state index contributed by atoms with van der Waals surface area (Å²) in [6.45, 7) is 4.14. The molecular weight excluding hydrogens is 172 g/mol. The molecule has 2 atom stereocenters. The average Bonchev–Trinajstić information content (AvgIpc) is 2.16. The number of hydrogen-bond donors (Lipinski definition) is 2. The van der Waals surface area contributed by atoms with Gasteiger partial charge >= 0.3 is 0 Å². The molecule has 13 heavy (non-hydrogen) atoms. The van der Waals surface area contributed by atoms with E-state index in [0.717, 1.165) is 12.8 Å². The fraction of sp³-hybridized carbons (Fsp3) is 1.00. The third kappa shape index (κ3) is 5.99. The SMILES string of the molecule is CCCC(CO)OC(CO)OCC. The smallest absolute Gasteiger partial charge is 0.180 e. The number of hydrogen-bond acceptors (Lipinski definition) is 4. The molecule has 2 unspecified atom stereocenters. The van der Waals surface area contributed by atoms with Gasteiger partial charge in [-0.2, -0.15) is 0 Å². The predicted octanol–water partition coefficient (Wildman–Crippen LogP) is 0.519. The Morgan fingerprint density at radius 3 is 2.23 bits per heavy atom. The van der Waals surface area contributed by atoms with Gasteiger partial charge in [-0.3, -0.25) is 0 Å². The van der Waals surface area contributed by atoms with E-state index >= 15 is 0 Å². The minimum atomic E-state index is -0.603. The Morgan fingerprint density at radius 1 is 1.15 bits per heavy atom. The first kappa shape index (κ1) is 12.8. The highest BCUT2D eigenvalue weighted by atomic mass is 16.7. The van der Waals surface area contributed by atoms with Crippen LogP contribution in [-0.4, -0.2) is 42.4 Å². The van der Waals surface area contributed by atoms with E-state index in [-0.39, 0.29) is 19.3 Å². The first-order valence-electron chi connectivity index (χ1n) is 4.77. The van der Waals surface area contributed by atoms with Crippen LogP contribution in [0.4, 0.5) is 0 Å². The lowest BCUT2D eigenvalue weighted by molar-refractivity contribution is -0.193. The van der Waals surface area contributed by atoms with Gasteiger partial charge in [0.1, 0.15) is 0 Å². The molecule has 0 saturated heterocycles.